The minimum atomic E-state index is -4.47. The second-order valence-electron chi connectivity index (χ2n) is 7.99. The lowest BCUT2D eigenvalue weighted by molar-refractivity contribution is -0.137. The number of alkyl halides is 3. The molecule has 2 aromatic carbocycles. The van der Waals surface area contributed by atoms with E-state index in [0.29, 0.717) is 34.1 Å². The number of nitrogens with one attached hydrogen (secondary N) is 1. The van der Waals surface area contributed by atoms with E-state index in [2.05, 4.69) is 15.4 Å². The molecule has 0 spiro atoms. The molecular formula is C25H18F3N5O3. The van der Waals surface area contributed by atoms with Gasteiger partial charge in [-0.15, -0.1) is 0 Å². The second kappa shape index (κ2) is 8.84. The van der Waals surface area contributed by atoms with E-state index in [1.165, 1.54) is 21.7 Å². The minimum absolute atomic E-state index is 0.0487. The lowest BCUT2D eigenvalue weighted by Gasteiger charge is -2.26. The summed E-state index contributed by atoms with van der Waals surface area (Å²) in [4.78, 5) is 30.3. The summed E-state index contributed by atoms with van der Waals surface area (Å²) in [7, 11) is 1.64. The quantitative estimate of drug-likeness (QED) is 0.450. The summed E-state index contributed by atoms with van der Waals surface area (Å²) in [5.41, 5.74) is 1.79. The highest BCUT2D eigenvalue weighted by molar-refractivity contribution is 6.04. The Kier molecular flexibility index (Phi) is 5.67. The number of ether oxygens (including phenoxy) is 1. The van der Waals surface area contributed by atoms with Crippen LogP contribution in [0.2, 0.25) is 0 Å². The van der Waals surface area contributed by atoms with E-state index in [4.69, 9.17) is 4.74 Å². The number of carbonyl (C=O) groups excluding carboxylic acids is 2. The van der Waals surface area contributed by atoms with Crippen LogP contribution < -0.4 is 15.0 Å². The molecule has 0 fully saturated rings. The Labute approximate surface area is 202 Å². The monoisotopic (exact) mass is 493 g/mol. The van der Waals surface area contributed by atoms with Crippen molar-refractivity contribution in [2.45, 2.75) is 6.18 Å². The molecule has 0 saturated heterocycles. The zero-order valence-electron chi connectivity index (χ0n) is 18.8. The molecule has 0 unspecified atom stereocenters. The Balaban J connectivity index is 1.47. The average Bonchev–Trinajstić information content (AvgIpc) is 3.32. The van der Waals surface area contributed by atoms with Gasteiger partial charge in [0, 0.05) is 36.8 Å². The number of amides is 2. The smallest absolute Gasteiger partial charge is 0.416 e. The van der Waals surface area contributed by atoms with Crippen LogP contribution in [-0.4, -0.2) is 40.2 Å². The van der Waals surface area contributed by atoms with Crippen molar-refractivity contribution in [3.63, 3.8) is 0 Å². The van der Waals surface area contributed by atoms with Crippen LogP contribution in [0.4, 0.5) is 24.5 Å². The molecule has 182 valence electrons. The van der Waals surface area contributed by atoms with Gasteiger partial charge >= 0.3 is 6.18 Å². The van der Waals surface area contributed by atoms with Crippen molar-refractivity contribution in [3.8, 4) is 22.7 Å². The number of fused-ring (bicyclic) bond motifs is 1. The van der Waals surface area contributed by atoms with Gasteiger partial charge in [-0.2, -0.15) is 18.3 Å². The van der Waals surface area contributed by atoms with Crippen molar-refractivity contribution in [3.05, 3.63) is 84.3 Å². The molecule has 1 N–H and O–H groups in total. The number of benzene rings is 2. The van der Waals surface area contributed by atoms with Crippen LogP contribution in [-0.2, 0) is 11.0 Å². The zero-order valence-corrected chi connectivity index (χ0v) is 18.8. The highest BCUT2D eigenvalue weighted by Crippen LogP contribution is 2.34. The van der Waals surface area contributed by atoms with E-state index in [1.54, 1.807) is 55.8 Å². The van der Waals surface area contributed by atoms with Gasteiger partial charge in [0.25, 0.3) is 11.8 Å². The van der Waals surface area contributed by atoms with Crippen LogP contribution >= 0.6 is 0 Å². The molecule has 4 aromatic rings. The number of pyridine rings is 1. The topological polar surface area (TPSA) is 89.4 Å². The van der Waals surface area contributed by atoms with Crippen LogP contribution in [0.25, 0.3) is 16.9 Å². The van der Waals surface area contributed by atoms with Crippen molar-refractivity contribution >= 4 is 23.2 Å². The van der Waals surface area contributed by atoms with Crippen molar-refractivity contribution in [1.82, 2.24) is 14.8 Å². The number of rotatable bonds is 4. The van der Waals surface area contributed by atoms with Crippen LogP contribution in [0, 0.1) is 0 Å². The average molecular weight is 493 g/mol. The van der Waals surface area contributed by atoms with Gasteiger partial charge < -0.3 is 15.0 Å². The summed E-state index contributed by atoms with van der Waals surface area (Å²) in [6.07, 6.45) is -1.34. The largest absolute Gasteiger partial charge is 0.481 e. The number of likely N-dealkylation sites (N-methyl/N-ethyl adjacent to an activating group) is 1. The van der Waals surface area contributed by atoms with Crippen LogP contribution in [0.1, 0.15) is 16.1 Å². The third-order valence-electron chi connectivity index (χ3n) is 5.66. The van der Waals surface area contributed by atoms with Crippen LogP contribution in [0.5, 0.6) is 5.75 Å². The van der Waals surface area contributed by atoms with Crippen molar-refractivity contribution in [2.75, 3.05) is 23.9 Å². The normalized spacial score (nSPS) is 13.2. The standard InChI is InChI=1S/C25H18F3N5O3/c1-32-20-7-4-17(12-22(20)36-14-23(32)34)30-24(35)19-13-21(15-8-10-29-11-9-15)33(31-19)18-5-2-16(3-6-18)25(26,27)28/h2-13H,14H2,1H3,(H,30,35). The first kappa shape index (κ1) is 23.1. The van der Waals surface area contributed by atoms with E-state index in [0.717, 1.165) is 12.1 Å². The van der Waals surface area contributed by atoms with Gasteiger partial charge in [0.05, 0.1) is 22.6 Å². The van der Waals surface area contributed by atoms with Gasteiger partial charge in [-0.1, -0.05) is 0 Å². The number of aromatic nitrogens is 3. The van der Waals surface area contributed by atoms with Crippen LogP contribution in [0.3, 0.4) is 0 Å². The molecule has 0 aliphatic carbocycles. The van der Waals surface area contributed by atoms with Gasteiger partial charge in [0.1, 0.15) is 5.75 Å². The number of nitrogens with zero attached hydrogens (tertiary/aromatic N) is 4. The third-order valence-corrected chi connectivity index (χ3v) is 5.66. The van der Waals surface area contributed by atoms with Gasteiger partial charge in [-0.25, -0.2) is 4.68 Å². The molecule has 0 saturated carbocycles. The Morgan fingerprint density at radius 2 is 1.75 bits per heavy atom. The molecule has 0 atom stereocenters. The Hall–Kier alpha value is -4.67. The van der Waals surface area contributed by atoms with E-state index in [-0.39, 0.29) is 18.2 Å². The number of anilines is 2. The third kappa shape index (κ3) is 4.38. The summed E-state index contributed by atoms with van der Waals surface area (Å²) in [6, 6.07) is 14.4. The summed E-state index contributed by atoms with van der Waals surface area (Å²) in [6.45, 7) is -0.103. The summed E-state index contributed by atoms with van der Waals surface area (Å²) < 4.78 is 45.9. The lowest BCUT2D eigenvalue weighted by atomic mass is 10.1. The maximum Gasteiger partial charge on any atom is 0.416 e. The molecule has 0 bridgehead atoms. The second-order valence-corrected chi connectivity index (χ2v) is 7.99. The molecule has 3 heterocycles. The first-order valence-electron chi connectivity index (χ1n) is 10.7. The molecule has 1 aliphatic heterocycles. The fraction of sp³-hybridized carbons (Fsp3) is 0.120. The van der Waals surface area contributed by atoms with Crippen molar-refractivity contribution < 1.29 is 27.5 Å². The van der Waals surface area contributed by atoms with Gasteiger partial charge in [-0.05, 0) is 54.6 Å². The molecule has 2 aromatic heterocycles. The molecule has 8 nitrogen and oxygen atoms in total. The van der Waals surface area contributed by atoms with Gasteiger partial charge in [-0.3, -0.25) is 14.6 Å². The number of halogens is 3. The number of hydrogen-bond acceptors (Lipinski definition) is 5. The predicted octanol–water partition coefficient (Wildman–Crippen LogP) is 4.56. The van der Waals surface area contributed by atoms with Crippen LogP contribution in [0.15, 0.2) is 73.1 Å². The van der Waals surface area contributed by atoms with Gasteiger partial charge in [0.15, 0.2) is 12.3 Å². The van der Waals surface area contributed by atoms with E-state index >= 15 is 0 Å². The van der Waals surface area contributed by atoms with Crippen molar-refractivity contribution in [2.24, 2.45) is 0 Å². The molecular weight excluding hydrogens is 475 g/mol. The molecule has 0 radical (unpaired) electrons. The SMILES string of the molecule is CN1C(=O)COc2cc(NC(=O)c3cc(-c4ccncc4)n(-c4ccc(C(F)(F)F)cc4)n3)ccc21. The predicted molar refractivity (Wildman–Crippen MR) is 125 cm³/mol. The van der Waals surface area contributed by atoms with E-state index < -0.39 is 17.6 Å². The highest BCUT2D eigenvalue weighted by Gasteiger charge is 2.30. The number of carbonyl (C=O) groups is 2. The Morgan fingerprint density at radius 3 is 2.44 bits per heavy atom. The summed E-state index contributed by atoms with van der Waals surface area (Å²) in [5, 5.41) is 7.12. The molecule has 1 aliphatic rings. The first-order chi connectivity index (χ1) is 17.2. The van der Waals surface area contributed by atoms with Crippen molar-refractivity contribution in [1.29, 1.82) is 0 Å². The maximum absolute atomic E-state index is 13.1. The Morgan fingerprint density at radius 1 is 1.03 bits per heavy atom. The zero-order chi connectivity index (χ0) is 25.4. The molecule has 11 heteroatoms. The maximum atomic E-state index is 13.1. The molecule has 36 heavy (non-hydrogen) atoms. The lowest BCUT2D eigenvalue weighted by Crippen LogP contribution is -2.35. The minimum Gasteiger partial charge on any atom is -0.481 e. The molecule has 5 rings (SSSR count). The number of hydrogen-bond donors (Lipinski definition) is 1. The van der Waals surface area contributed by atoms with Gasteiger partial charge in [0.2, 0.25) is 0 Å². The Bertz CT molecular complexity index is 1450. The van der Waals surface area contributed by atoms with E-state index in [9.17, 15) is 22.8 Å². The van der Waals surface area contributed by atoms with E-state index in [1.807, 2.05) is 0 Å². The highest BCUT2D eigenvalue weighted by atomic mass is 19.4. The fourth-order valence-electron chi connectivity index (χ4n) is 3.76. The first-order valence-corrected chi connectivity index (χ1v) is 10.7. The summed E-state index contributed by atoms with van der Waals surface area (Å²) in [5.74, 6) is -0.268. The fourth-order valence-corrected chi connectivity index (χ4v) is 3.76. The molecule has 2 amide bonds. The summed E-state index contributed by atoms with van der Waals surface area (Å²) >= 11 is 0.